The first-order valence-corrected chi connectivity index (χ1v) is 9.82. The minimum atomic E-state index is 0. The summed E-state index contributed by atoms with van der Waals surface area (Å²) in [6.07, 6.45) is 2.02. The highest BCUT2D eigenvalue weighted by Crippen LogP contribution is 2.27. The van der Waals surface area contributed by atoms with Crippen molar-refractivity contribution < 1.29 is 0 Å². The molecule has 0 unspecified atom stereocenters. The van der Waals surface area contributed by atoms with Gasteiger partial charge in [0.05, 0.1) is 22.8 Å². The van der Waals surface area contributed by atoms with Crippen LogP contribution in [-0.2, 0) is 6.54 Å². The first kappa shape index (κ1) is 20.9. The van der Waals surface area contributed by atoms with Gasteiger partial charge in [-0.05, 0) is 18.2 Å². The van der Waals surface area contributed by atoms with Gasteiger partial charge in [-0.25, -0.2) is 0 Å². The predicted octanol–water partition coefficient (Wildman–Crippen LogP) is 4.50. The van der Waals surface area contributed by atoms with Crippen molar-refractivity contribution in [1.29, 1.82) is 0 Å². The maximum absolute atomic E-state index is 6.14. The third kappa shape index (κ3) is 4.97. The van der Waals surface area contributed by atoms with E-state index in [4.69, 9.17) is 23.2 Å². The van der Waals surface area contributed by atoms with Crippen molar-refractivity contribution in [3.8, 4) is 11.3 Å². The van der Waals surface area contributed by atoms with Crippen LogP contribution in [0.4, 0.5) is 5.69 Å². The molecule has 1 fully saturated rings. The molecule has 0 aliphatic carbocycles. The number of halogens is 3. The Morgan fingerprint density at radius 2 is 1.61 bits per heavy atom. The quantitative estimate of drug-likeness (QED) is 0.588. The van der Waals surface area contributed by atoms with Crippen molar-refractivity contribution >= 4 is 41.3 Å². The first-order valence-electron chi connectivity index (χ1n) is 9.07. The minimum Gasteiger partial charge on any atom is -0.369 e. The average Bonchev–Trinajstić information content (AvgIpc) is 3.19. The van der Waals surface area contributed by atoms with Crippen LogP contribution in [0.3, 0.4) is 0 Å². The Labute approximate surface area is 181 Å². The summed E-state index contributed by atoms with van der Waals surface area (Å²) in [7, 11) is 0. The lowest BCUT2D eigenvalue weighted by Gasteiger charge is -2.36. The smallest absolute Gasteiger partial charge is 0.113 e. The molecule has 5 nitrogen and oxygen atoms in total. The predicted molar refractivity (Wildman–Crippen MR) is 118 cm³/mol. The van der Waals surface area contributed by atoms with Gasteiger partial charge in [0.15, 0.2) is 0 Å². The molecular weight excluding hydrogens is 417 g/mol. The Balaban J connectivity index is 0.00000225. The van der Waals surface area contributed by atoms with Crippen molar-refractivity contribution in [3.63, 3.8) is 0 Å². The van der Waals surface area contributed by atoms with Crippen molar-refractivity contribution in [2.24, 2.45) is 0 Å². The van der Waals surface area contributed by atoms with Crippen LogP contribution in [0.25, 0.3) is 11.3 Å². The monoisotopic (exact) mass is 437 g/mol. The maximum atomic E-state index is 6.14. The topological polar surface area (TPSA) is 37.2 Å². The summed E-state index contributed by atoms with van der Waals surface area (Å²) in [5, 5.41) is 9.75. The third-order valence-electron chi connectivity index (χ3n) is 4.89. The molecule has 0 spiro atoms. The molecule has 4 rings (SSSR count). The Morgan fingerprint density at radius 3 is 2.32 bits per heavy atom. The standard InChI is InChI=1S/C20H21Cl2N5.ClH/c21-18-7-6-17(14-19(18)22)26-11-8-25(9-12-26)10-13-27-15-20(23-24-27)16-4-2-1-3-5-16;/h1-7,14-15H,8-13H2;1H. The van der Waals surface area contributed by atoms with E-state index in [1.807, 2.05) is 47.3 Å². The van der Waals surface area contributed by atoms with Gasteiger partial charge < -0.3 is 4.90 Å². The van der Waals surface area contributed by atoms with E-state index in [0.29, 0.717) is 10.0 Å². The van der Waals surface area contributed by atoms with Crippen molar-refractivity contribution in [3.05, 3.63) is 64.8 Å². The van der Waals surface area contributed by atoms with Gasteiger partial charge in [0.25, 0.3) is 0 Å². The second kappa shape index (κ2) is 9.61. The largest absolute Gasteiger partial charge is 0.369 e. The molecule has 0 bridgehead atoms. The van der Waals surface area contributed by atoms with E-state index >= 15 is 0 Å². The lowest BCUT2D eigenvalue weighted by molar-refractivity contribution is 0.244. The lowest BCUT2D eigenvalue weighted by Crippen LogP contribution is -2.47. The van der Waals surface area contributed by atoms with Gasteiger partial charge >= 0.3 is 0 Å². The van der Waals surface area contributed by atoms with E-state index in [0.717, 1.165) is 56.2 Å². The minimum absolute atomic E-state index is 0. The molecule has 0 N–H and O–H groups in total. The van der Waals surface area contributed by atoms with E-state index in [2.05, 4.69) is 32.2 Å². The summed E-state index contributed by atoms with van der Waals surface area (Å²) in [5.41, 5.74) is 3.15. The molecule has 1 saturated heterocycles. The van der Waals surface area contributed by atoms with Gasteiger partial charge in [-0.15, -0.1) is 17.5 Å². The van der Waals surface area contributed by atoms with Crippen LogP contribution >= 0.6 is 35.6 Å². The van der Waals surface area contributed by atoms with E-state index in [1.165, 1.54) is 0 Å². The van der Waals surface area contributed by atoms with Gasteiger partial charge in [-0.3, -0.25) is 9.58 Å². The molecule has 0 saturated carbocycles. The number of hydrogen-bond donors (Lipinski definition) is 0. The lowest BCUT2D eigenvalue weighted by atomic mass is 10.2. The van der Waals surface area contributed by atoms with Crippen LogP contribution < -0.4 is 4.90 Å². The fourth-order valence-corrected chi connectivity index (χ4v) is 3.60. The maximum Gasteiger partial charge on any atom is 0.113 e. The first-order chi connectivity index (χ1) is 13.2. The van der Waals surface area contributed by atoms with E-state index in [-0.39, 0.29) is 12.4 Å². The van der Waals surface area contributed by atoms with Crippen LogP contribution in [0.2, 0.25) is 10.0 Å². The van der Waals surface area contributed by atoms with Gasteiger partial charge in [-0.2, -0.15) is 0 Å². The molecule has 1 aliphatic rings. The Kier molecular flexibility index (Phi) is 7.18. The number of hydrogen-bond acceptors (Lipinski definition) is 4. The number of nitrogens with zero attached hydrogens (tertiary/aromatic N) is 5. The summed E-state index contributed by atoms with van der Waals surface area (Å²) in [6, 6.07) is 16.0. The van der Waals surface area contributed by atoms with Gasteiger partial charge in [0, 0.05) is 44.0 Å². The third-order valence-corrected chi connectivity index (χ3v) is 5.63. The number of anilines is 1. The molecule has 0 amide bonds. The second-order valence-electron chi connectivity index (χ2n) is 6.66. The molecule has 0 atom stereocenters. The van der Waals surface area contributed by atoms with Crippen molar-refractivity contribution in [2.75, 3.05) is 37.6 Å². The van der Waals surface area contributed by atoms with Crippen LogP contribution in [-0.4, -0.2) is 52.6 Å². The molecule has 8 heteroatoms. The zero-order valence-electron chi connectivity index (χ0n) is 15.3. The summed E-state index contributed by atoms with van der Waals surface area (Å²) >= 11 is 12.2. The number of aromatic nitrogens is 3. The van der Waals surface area contributed by atoms with Gasteiger partial charge in [-0.1, -0.05) is 58.7 Å². The Bertz CT molecular complexity index is 892. The highest BCUT2D eigenvalue weighted by atomic mass is 35.5. The van der Waals surface area contributed by atoms with Crippen molar-refractivity contribution in [2.45, 2.75) is 6.54 Å². The van der Waals surface area contributed by atoms with E-state index in [9.17, 15) is 0 Å². The summed E-state index contributed by atoms with van der Waals surface area (Å²) < 4.78 is 1.92. The van der Waals surface area contributed by atoms with Crippen LogP contribution in [0.1, 0.15) is 0 Å². The zero-order valence-corrected chi connectivity index (χ0v) is 17.7. The summed E-state index contributed by atoms with van der Waals surface area (Å²) in [5.74, 6) is 0. The summed E-state index contributed by atoms with van der Waals surface area (Å²) in [4.78, 5) is 4.81. The molecule has 1 aliphatic heterocycles. The molecular formula is C20H22Cl3N5. The normalized spacial score (nSPS) is 14.7. The fourth-order valence-electron chi connectivity index (χ4n) is 3.30. The fraction of sp³-hybridized carbons (Fsp3) is 0.300. The SMILES string of the molecule is Cl.Clc1ccc(N2CCN(CCn3cc(-c4ccccc4)nn3)CC2)cc1Cl. The number of piperazine rings is 1. The van der Waals surface area contributed by atoms with E-state index < -0.39 is 0 Å². The van der Waals surface area contributed by atoms with Crippen LogP contribution in [0, 0.1) is 0 Å². The molecule has 0 radical (unpaired) electrons. The molecule has 2 aromatic carbocycles. The molecule has 28 heavy (non-hydrogen) atoms. The van der Waals surface area contributed by atoms with Crippen molar-refractivity contribution in [1.82, 2.24) is 19.9 Å². The van der Waals surface area contributed by atoms with Crippen LogP contribution in [0.5, 0.6) is 0 Å². The zero-order chi connectivity index (χ0) is 18.6. The molecule has 148 valence electrons. The molecule has 1 aromatic heterocycles. The van der Waals surface area contributed by atoms with E-state index in [1.54, 1.807) is 0 Å². The molecule has 2 heterocycles. The second-order valence-corrected chi connectivity index (χ2v) is 7.47. The highest BCUT2D eigenvalue weighted by molar-refractivity contribution is 6.42. The Hall–Kier alpha value is -1.79. The van der Waals surface area contributed by atoms with Gasteiger partial charge in [0.1, 0.15) is 5.69 Å². The number of rotatable bonds is 5. The summed E-state index contributed by atoms with van der Waals surface area (Å²) in [6.45, 7) is 5.79. The number of benzene rings is 2. The highest BCUT2D eigenvalue weighted by Gasteiger charge is 2.18. The Morgan fingerprint density at radius 1 is 0.857 bits per heavy atom. The van der Waals surface area contributed by atoms with Crippen LogP contribution in [0.15, 0.2) is 54.7 Å². The van der Waals surface area contributed by atoms with Gasteiger partial charge in [0.2, 0.25) is 0 Å². The molecule has 3 aromatic rings. The average molecular weight is 439 g/mol.